The summed E-state index contributed by atoms with van der Waals surface area (Å²) >= 11 is 0. The van der Waals surface area contributed by atoms with E-state index in [-0.39, 0.29) is 19.2 Å². The van der Waals surface area contributed by atoms with Crippen LogP contribution in [0.5, 0.6) is 0 Å². The number of halogens is 3. The van der Waals surface area contributed by atoms with E-state index in [9.17, 15) is 21.6 Å². The molecule has 2 fully saturated rings. The van der Waals surface area contributed by atoms with E-state index >= 15 is 0 Å². The van der Waals surface area contributed by atoms with Gasteiger partial charge in [-0.3, -0.25) is 4.98 Å². The molecule has 0 bridgehead atoms. The second kappa shape index (κ2) is 6.25. The Morgan fingerprint density at radius 3 is 2.79 bits per heavy atom. The van der Waals surface area contributed by atoms with Crippen LogP contribution in [0.15, 0.2) is 24.5 Å². The lowest BCUT2D eigenvalue weighted by Gasteiger charge is -2.52. The number of hydrogen-bond donors (Lipinski definition) is 0. The third-order valence-electron chi connectivity index (χ3n) is 4.22. The first-order valence-corrected chi connectivity index (χ1v) is 8.87. The van der Waals surface area contributed by atoms with Crippen LogP contribution in [0.2, 0.25) is 0 Å². The number of hydrogen-bond acceptors (Lipinski definition) is 5. The number of aromatic nitrogens is 1. The van der Waals surface area contributed by atoms with Crippen LogP contribution in [0.3, 0.4) is 0 Å². The first-order valence-electron chi connectivity index (χ1n) is 7.43. The van der Waals surface area contributed by atoms with Crippen LogP contribution >= 0.6 is 0 Å². The number of pyridine rings is 1. The van der Waals surface area contributed by atoms with Crippen molar-refractivity contribution in [1.29, 1.82) is 0 Å². The van der Waals surface area contributed by atoms with Gasteiger partial charge in [-0.25, -0.2) is 8.42 Å². The maximum Gasteiger partial charge on any atom is 0.511 e. The summed E-state index contributed by atoms with van der Waals surface area (Å²) in [7, 11) is -5.28. The molecule has 6 nitrogen and oxygen atoms in total. The SMILES string of the molecule is O=S(=O)(N1CC2(C[C@H](OCc3cccnc3)CCO2)C1)C(F)(F)F. The molecular formula is C14H17F3N2O4S. The average Bonchev–Trinajstić information content (AvgIpc) is 2.50. The zero-order valence-electron chi connectivity index (χ0n) is 12.7. The number of nitrogens with zero attached hydrogens (tertiary/aromatic N) is 2. The van der Waals surface area contributed by atoms with E-state index in [4.69, 9.17) is 9.47 Å². The molecule has 0 N–H and O–H groups in total. The van der Waals surface area contributed by atoms with Crippen molar-refractivity contribution in [3.05, 3.63) is 30.1 Å². The number of alkyl halides is 3. The fraction of sp³-hybridized carbons (Fsp3) is 0.643. The quantitative estimate of drug-likeness (QED) is 0.811. The van der Waals surface area contributed by atoms with Crippen LogP contribution in [0.1, 0.15) is 18.4 Å². The summed E-state index contributed by atoms with van der Waals surface area (Å²) in [6.07, 6.45) is 4.13. The Labute approximate surface area is 137 Å². The van der Waals surface area contributed by atoms with Gasteiger partial charge in [0, 0.05) is 38.5 Å². The Bertz CT molecular complexity index is 675. The van der Waals surface area contributed by atoms with E-state index in [0.29, 0.717) is 30.4 Å². The van der Waals surface area contributed by atoms with Gasteiger partial charge in [-0.1, -0.05) is 6.07 Å². The summed E-state index contributed by atoms with van der Waals surface area (Å²) in [6.45, 7) is 0.0972. The molecule has 1 atom stereocenters. The first kappa shape index (κ1) is 17.6. The molecule has 0 radical (unpaired) electrons. The van der Waals surface area contributed by atoms with Crippen LogP contribution in [-0.4, -0.2) is 54.6 Å². The van der Waals surface area contributed by atoms with Gasteiger partial charge in [-0.2, -0.15) is 17.5 Å². The molecule has 2 aliphatic rings. The van der Waals surface area contributed by atoms with Crippen LogP contribution in [0.4, 0.5) is 13.2 Å². The van der Waals surface area contributed by atoms with Crippen molar-refractivity contribution in [3.63, 3.8) is 0 Å². The van der Waals surface area contributed by atoms with Gasteiger partial charge < -0.3 is 9.47 Å². The third-order valence-corrected chi connectivity index (χ3v) is 5.74. The summed E-state index contributed by atoms with van der Waals surface area (Å²) in [4.78, 5) is 3.98. The molecule has 0 aliphatic carbocycles. The van der Waals surface area contributed by atoms with Crippen molar-refractivity contribution in [3.8, 4) is 0 Å². The highest BCUT2D eigenvalue weighted by molar-refractivity contribution is 7.90. The van der Waals surface area contributed by atoms with Gasteiger partial charge >= 0.3 is 15.5 Å². The van der Waals surface area contributed by atoms with Gasteiger partial charge in [-0.15, -0.1) is 0 Å². The Morgan fingerprint density at radius 2 is 2.17 bits per heavy atom. The third kappa shape index (κ3) is 3.41. The minimum absolute atomic E-state index is 0.185. The Morgan fingerprint density at radius 1 is 1.42 bits per heavy atom. The van der Waals surface area contributed by atoms with E-state index < -0.39 is 21.1 Å². The van der Waals surface area contributed by atoms with Crippen LogP contribution < -0.4 is 0 Å². The van der Waals surface area contributed by atoms with Crippen molar-refractivity contribution in [2.45, 2.75) is 36.7 Å². The van der Waals surface area contributed by atoms with Crippen molar-refractivity contribution < 1.29 is 31.1 Å². The highest BCUT2D eigenvalue weighted by Gasteiger charge is 2.59. The smallest absolute Gasteiger partial charge is 0.373 e. The molecule has 1 aromatic heterocycles. The van der Waals surface area contributed by atoms with Crippen molar-refractivity contribution in [2.75, 3.05) is 19.7 Å². The molecular weight excluding hydrogens is 349 g/mol. The van der Waals surface area contributed by atoms with Crippen molar-refractivity contribution in [2.24, 2.45) is 0 Å². The van der Waals surface area contributed by atoms with Gasteiger partial charge in [-0.05, 0) is 18.1 Å². The molecule has 3 heterocycles. The number of sulfonamides is 1. The van der Waals surface area contributed by atoms with Crippen molar-refractivity contribution >= 4 is 10.0 Å². The number of ether oxygens (including phenoxy) is 2. The maximum absolute atomic E-state index is 12.5. The van der Waals surface area contributed by atoms with E-state index in [0.717, 1.165) is 5.56 Å². The fourth-order valence-corrected chi connectivity index (χ4v) is 4.06. The maximum atomic E-state index is 12.5. The van der Waals surface area contributed by atoms with Gasteiger partial charge in [0.25, 0.3) is 0 Å². The summed E-state index contributed by atoms with van der Waals surface area (Å²) in [6, 6.07) is 3.65. The molecule has 1 spiro atoms. The zero-order valence-corrected chi connectivity index (χ0v) is 13.5. The minimum Gasteiger partial charge on any atom is -0.373 e. The molecule has 24 heavy (non-hydrogen) atoms. The second-order valence-electron chi connectivity index (χ2n) is 6.04. The normalized spacial score (nSPS) is 24.7. The molecule has 2 aliphatic heterocycles. The molecule has 0 saturated carbocycles. The molecule has 0 amide bonds. The summed E-state index contributed by atoms with van der Waals surface area (Å²) in [5.74, 6) is 0. The minimum atomic E-state index is -5.28. The first-order chi connectivity index (χ1) is 11.2. The van der Waals surface area contributed by atoms with Crippen LogP contribution in [-0.2, 0) is 26.1 Å². The monoisotopic (exact) mass is 366 g/mol. The molecule has 0 unspecified atom stereocenters. The van der Waals surface area contributed by atoms with E-state index in [1.807, 2.05) is 6.07 Å². The number of rotatable bonds is 4. The largest absolute Gasteiger partial charge is 0.511 e. The molecule has 1 aromatic rings. The highest BCUT2D eigenvalue weighted by atomic mass is 32.2. The molecule has 2 saturated heterocycles. The average molecular weight is 366 g/mol. The lowest BCUT2D eigenvalue weighted by atomic mass is 9.86. The second-order valence-corrected chi connectivity index (χ2v) is 7.97. The Hall–Kier alpha value is -1.23. The predicted octanol–water partition coefficient (Wildman–Crippen LogP) is 1.68. The van der Waals surface area contributed by atoms with Crippen LogP contribution in [0.25, 0.3) is 0 Å². The Balaban J connectivity index is 1.56. The van der Waals surface area contributed by atoms with E-state index in [1.54, 1.807) is 18.5 Å². The van der Waals surface area contributed by atoms with Gasteiger partial charge in [0.05, 0.1) is 18.3 Å². The molecule has 0 aromatic carbocycles. The summed E-state index contributed by atoms with van der Waals surface area (Å²) in [5.41, 5.74) is -5.26. The predicted molar refractivity (Wildman–Crippen MR) is 77.3 cm³/mol. The molecule has 3 rings (SSSR count). The lowest BCUT2D eigenvalue weighted by molar-refractivity contribution is -0.183. The van der Waals surface area contributed by atoms with E-state index in [2.05, 4.69) is 4.98 Å². The van der Waals surface area contributed by atoms with E-state index in [1.165, 1.54) is 0 Å². The standard InChI is InChI=1S/C14H17F3N2O4S/c15-14(16,17)24(20,21)19-9-13(10-19)6-12(3-5-23-13)22-8-11-2-1-4-18-7-11/h1-2,4,7,12H,3,5-6,8-10H2/t12-/m1/s1. The van der Waals surface area contributed by atoms with Crippen molar-refractivity contribution in [1.82, 2.24) is 9.29 Å². The van der Waals surface area contributed by atoms with Crippen LogP contribution in [0, 0.1) is 0 Å². The lowest BCUT2D eigenvalue weighted by Crippen LogP contribution is -2.68. The molecule has 10 heteroatoms. The summed E-state index contributed by atoms with van der Waals surface area (Å²) < 4.78 is 72.1. The van der Waals surface area contributed by atoms with Gasteiger partial charge in [0.2, 0.25) is 0 Å². The Kier molecular flexibility index (Phi) is 4.58. The van der Waals surface area contributed by atoms with Gasteiger partial charge in [0.1, 0.15) is 0 Å². The van der Waals surface area contributed by atoms with Gasteiger partial charge in [0.15, 0.2) is 0 Å². The highest BCUT2D eigenvalue weighted by Crippen LogP contribution is 2.40. The zero-order chi connectivity index (χ0) is 17.4. The summed E-state index contributed by atoms with van der Waals surface area (Å²) in [5, 5.41) is 0. The molecule has 134 valence electrons. The fourth-order valence-electron chi connectivity index (χ4n) is 2.96. The topological polar surface area (TPSA) is 68.7 Å².